The van der Waals surface area contributed by atoms with E-state index in [-0.39, 0.29) is 12.5 Å². The highest BCUT2D eigenvalue weighted by Crippen LogP contribution is 2.23. The molecular formula is C52H97NO8. The second-order valence-electron chi connectivity index (χ2n) is 18.0. The second kappa shape index (κ2) is 42.4. The van der Waals surface area contributed by atoms with Crippen LogP contribution in [0.5, 0.6) is 0 Å². The Hall–Kier alpha value is -1.59. The van der Waals surface area contributed by atoms with E-state index in [2.05, 4.69) is 43.5 Å². The molecule has 0 bridgehead atoms. The van der Waals surface area contributed by atoms with E-state index in [4.69, 9.17) is 9.47 Å². The van der Waals surface area contributed by atoms with Gasteiger partial charge in [0.2, 0.25) is 5.91 Å². The van der Waals surface area contributed by atoms with E-state index in [0.29, 0.717) is 6.42 Å². The third kappa shape index (κ3) is 32.7. The second-order valence-corrected chi connectivity index (χ2v) is 18.0. The summed E-state index contributed by atoms with van der Waals surface area (Å²) in [6.45, 7) is 3.77. The van der Waals surface area contributed by atoms with Crippen molar-refractivity contribution in [2.45, 2.75) is 275 Å². The van der Waals surface area contributed by atoms with Crippen LogP contribution in [-0.4, -0.2) is 87.5 Å². The van der Waals surface area contributed by atoms with Crippen LogP contribution in [0, 0.1) is 0 Å². The van der Waals surface area contributed by atoms with Crippen LogP contribution in [0.1, 0.15) is 232 Å². The molecule has 7 unspecified atom stereocenters. The number of carbonyl (C=O) groups excluding carboxylic acids is 1. The van der Waals surface area contributed by atoms with Gasteiger partial charge in [-0.05, 0) is 51.4 Å². The lowest BCUT2D eigenvalue weighted by Gasteiger charge is -2.40. The monoisotopic (exact) mass is 864 g/mol. The summed E-state index contributed by atoms with van der Waals surface area (Å²) in [6, 6.07) is -0.806. The van der Waals surface area contributed by atoms with Crippen molar-refractivity contribution < 1.29 is 39.8 Å². The fourth-order valence-electron chi connectivity index (χ4n) is 8.07. The molecule has 1 aliphatic heterocycles. The van der Waals surface area contributed by atoms with Gasteiger partial charge in [0.05, 0.1) is 25.4 Å². The van der Waals surface area contributed by atoms with Crippen LogP contribution in [0.15, 0.2) is 36.5 Å². The van der Waals surface area contributed by atoms with Crippen molar-refractivity contribution in [2.24, 2.45) is 0 Å². The number of aliphatic hydroxyl groups is 5. The average Bonchev–Trinajstić information content (AvgIpc) is 3.26. The zero-order valence-electron chi connectivity index (χ0n) is 39.4. The summed E-state index contributed by atoms with van der Waals surface area (Å²) in [5.74, 6) is -0.180. The number of ether oxygens (including phenoxy) is 2. The maximum absolute atomic E-state index is 13.0. The average molecular weight is 864 g/mol. The van der Waals surface area contributed by atoms with Gasteiger partial charge in [-0.25, -0.2) is 0 Å². The highest BCUT2D eigenvalue weighted by molar-refractivity contribution is 5.76. The molecule has 61 heavy (non-hydrogen) atoms. The van der Waals surface area contributed by atoms with Crippen molar-refractivity contribution in [1.82, 2.24) is 5.32 Å². The molecule has 1 fully saturated rings. The lowest BCUT2D eigenvalue weighted by atomic mass is 9.99. The van der Waals surface area contributed by atoms with Crippen molar-refractivity contribution in [2.75, 3.05) is 13.2 Å². The predicted octanol–water partition coefficient (Wildman–Crippen LogP) is 11.6. The minimum Gasteiger partial charge on any atom is -0.394 e. The molecular weight excluding hydrogens is 767 g/mol. The Morgan fingerprint density at radius 2 is 0.967 bits per heavy atom. The number of hydrogen-bond donors (Lipinski definition) is 6. The van der Waals surface area contributed by atoms with Crippen LogP contribution in [0.2, 0.25) is 0 Å². The SMILES string of the molecule is CCCCCCC/C=C\C/C=C\CCCCCCCCCCCC(=O)NC(COC1OC(CO)C(O)C(O)C1O)C(O)/C=C/CCCCCCCCCCCCCCCCC. The minimum absolute atomic E-state index is 0.180. The number of nitrogens with one attached hydrogen (secondary N) is 1. The summed E-state index contributed by atoms with van der Waals surface area (Å²) < 4.78 is 11.2. The number of allylic oxidation sites excluding steroid dienone is 5. The fraction of sp³-hybridized carbons (Fsp3) is 0.865. The molecule has 1 amide bonds. The third-order valence-corrected chi connectivity index (χ3v) is 12.2. The first-order valence-corrected chi connectivity index (χ1v) is 25.7. The van der Waals surface area contributed by atoms with Gasteiger partial charge >= 0.3 is 0 Å². The molecule has 1 aliphatic rings. The molecule has 9 heteroatoms. The van der Waals surface area contributed by atoms with E-state index in [1.165, 1.54) is 167 Å². The topological polar surface area (TPSA) is 149 Å². The van der Waals surface area contributed by atoms with E-state index in [1.807, 2.05) is 6.08 Å². The van der Waals surface area contributed by atoms with E-state index in [9.17, 15) is 30.3 Å². The number of carbonyl (C=O) groups is 1. The summed E-state index contributed by atoms with van der Waals surface area (Å²) in [5.41, 5.74) is 0. The molecule has 0 radical (unpaired) electrons. The molecule has 9 nitrogen and oxygen atoms in total. The number of amides is 1. The lowest BCUT2D eigenvalue weighted by Crippen LogP contribution is -2.60. The van der Waals surface area contributed by atoms with Gasteiger partial charge in [-0.15, -0.1) is 0 Å². The van der Waals surface area contributed by atoms with Crippen LogP contribution >= 0.6 is 0 Å². The summed E-state index contributed by atoms with van der Waals surface area (Å²) in [4.78, 5) is 13.0. The number of unbranched alkanes of at least 4 members (excludes halogenated alkanes) is 29. The Morgan fingerprint density at radius 3 is 1.41 bits per heavy atom. The first-order chi connectivity index (χ1) is 29.8. The molecule has 358 valence electrons. The largest absolute Gasteiger partial charge is 0.394 e. The molecule has 1 heterocycles. The van der Waals surface area contributed by atoms with Gasteiger partial charge in [0.25, 0.3) is 0 Å². The van der Waals surface area contributed by atoms with E-state index >= 15 is 0 Å². The first-order valence-electron chi connectivity index (χ1n) is 25.7. The Morgan fingerprint density at radius 1 is 0.557 bits per heavy atom. The van der Waals surface area contributed by atoms with Crippen molar-refractivity contribution >= 4 is 5.91 Å². The standard InChI is InChI=1S/C52H97NO8/c1-3-5-7-9-11-13-15-17-19-21-22-23-24-26-28-30-32-34-36-38-40-42-48(56)53-45(44-60-52-51(59)50(58)49(57)47(43-54)61-52)46(55)41-39-37-35-33-31-29-27-25-20-18-16-14-12-10-8-6-4-2/h15,17,21-22,39,41,45-47,49-52,54-55,57-59H,3-14,16,18-20,23-38,40,42-44H2,1-2H3,(H,53,56)/b17-15-,22-21-,41-39+. The Labute approximate surface area is 374 Å². The van der Waals surface area contributed by atoms with Gasteiger partial charge < -0.3 is 40.3 Å². The van der Waals surface area contributed by atoms with Gasteiger partial charge in [-0.3, -0.25) is 4.79 Å². The van der Waals surface area contributed by atoms with Gasteiger partial charge in [0, 0.05) is 6.42 Å². The number of hydrogen-bond acceptors (Lipinski definition) is 8. The van der Waals surface area contributed by atoms with Gasteiger partial charge in [-0.2, -0.15) is 0 Å². The smallest absolute Gasteiger partial charge is 0.220 e. The van der Waals surface area contributed by atoms with Crippen LogP contribution in [-0.2, 0) is 14.3 Å². The third-order valence-electron chi connectivity index (χ3n) is 12.2. The minimum atomic E-state index is -1.57. The quantitative estimate of drug-likeness (QED) is 0.0262. The molecule has 0 saturated carbocycles. The number of aliphatic hydroxyl groups excluding tert-OH is 5. The van der Waals surface area contributed by atoms with Gasteiger partial charge in [0.15, 0.2) is 6.29 Å². The first kappa shape index (κ1) is 57.4. The van der Waals surface area contributed by atoms with Crippen LogP contribution in [0.25, 0.3) is 0 Å². The van der Waals surface area contributed by atoms with E-state index in [1.54, 1.807) is 6.08 Å². The van der Waals surface area contributed by atoms with Crippen molar-refractivity contribution in [3.8, 4) is 0 Å². The van der Waals surface area contributed by atoms with Crippen LogP contribution < -0.4 is 5.32 Å². The lowest BCUT2D eigenvalue weighted by molar-refractivity contribution is -0.302. The summed E-state index contributed by atoms with van der Waals surface area (Å²) in [6.07, 6.45) is 46.1. The van der Waals surface area contributed by atoms with Crippen LogP contribution in [0.4, 0.5) is 0 Å². The van der Waals surface area contributed by atoms with E-state index < -0.39 is 49.5 Å². The maximum Gasteiger partial charge on any atom is 0.220 e. The highest BCUT2D eigenvalue weighted by Gasteiger charge is 2.44. The summed E-state index contributed by atoms with van der Waals surface area (Å²) in [5, 5.41) is 54.3. The fourth-order valence-corrected chi connectivity index (χ4v) is 8.07. The zero-order chi connectivity index (χ0) is 44.4. The molecule has 6 N–H and O–H groups in total. The van der Waals surface area contributed by atoms with Crippen LogP contribution in [0.3, 0.4) is 0 Å². The summed E-state index contributed by atoms with van der Waals surface area (Å²) in [7, 11) is 0. The normalized spacial score (nSPS) is 20.7. The van der Waals surface area contributed by atoms with Crippen molar-refractivity contribution in [3.63, 3.8) is 0 Å². The molecule has 1 rings (SSSR count). The Kier molecular flexibility index (Phi) is 39.9. The van der Waals surface area contributed by atoms with E-state index in [0.717, 1.165) is 44.9 Å². The highest BCUT2D eigenvalue weighted by atomic mass is 16.7. The Balaban J connectivity index is 2.30. The van der Waals surface area contributed by atoms with Crippen molar-refractivity contribution in [1.29, 1.82) is 0 Å². The molecule has 0 aromatic carbocycles. The molecule has 0 aliphatic carbocycles. The molecule has 7 atom stereocenters. The molecule has 0 aromatic heterocycles. The maximum atomic E-state index is 13.0. The molecule has 0 spiro atoms. The predicted molar refractivity (Wildman–Crippen MR) is 253 cm³/mol. The zero-order valence-corrected chi connectivity index (χ0v) is 39.4. The molecule has 0 aromatic rings. The molecule has 1 saturated heterocycles. The van der Waals surface area contributed by atoms with Gasteiger partial charge in [0.1, 0.15) is 24.4 Å². The Bertz CT molecular complexity index is 1050. The van der Waals surface area contributed by atoms with Crippen molar-refractivity contribution in [3.05, 3.63) is 36.5 Å². The van der Waals surface area contributed by atoms with Gasteiger partial charge in [-0.1, -0.05) is 211 Å². The summed E-state index contributed by atoms with van der Waals surface area (Å²) >= 11 is 0. The number of rotatable bonds is 43.